The molecule has 1 saturated heterocycles. The average Bonchev–Trinajstić information content (AvgIpc) is 2.06. The maximum Gasteiger partial charge on any atom is 0.0555 e. The van der Waals surface area contributed by atoms with Gasteiger partial charge in [-0.25, -0.2) is 0 Å². The lowest BCUT2D eigenvalue weighted by atomic mass is 9.82. The molecular weight excluding hydrogens is 154 g/mol. The Bertz CT molecular complexity index is 122. The third kappa shape index (κ3) is 3.09. The fraction of sp³-hybridized carbons (Fsp3) is 1.00. The quantitative estimate of drug-likeness (QED) is 0.604. The van der Waals surface area contributed by atoms with Gasteiger partial charge in [0.05, 0.1) is 6.61 Å². The molecule has 0 atom stereocenters. The molecule has 0 bridgehead atoms. The Morgan fingerprint density at radius 2 is 2.08 bits per heavy atom. The Hall–Kier alpha value is -0.120. The van der Waals surface area contributed by atoms with Crippen molar-refractivity contribution in [3.63, 3.8) is 0 Å². The summed E-state index contributed by atoms with van der Waals surface area (Å²) in [5, 5.41) is 11.8. The summed E-state index contributed by atoms with van der Waals surface area (Å²) in [5.74, 6) is 0. The van der Waals surface area contributed by atoms with Gasteiger partial charge in [-0.3, -0.25) is 0 Å². The topological polar surface area (TPSA) is 41.5 Å². The van der Waals surface area contributed by atoms with Gasteiger partial charge in [0.2, 0.25) is 0 Å². The molecule has 0 unspecified atom stereocenters. The molecule has 0 aromatic rings. The molecular formula is C9H19NO2. The fourth-order valence-electron chi connectivity index (χ4n) is 1.51. The minimum atomic E-state index is 0.229. The lowest BCUT2D eigenvalue weighted by Crippen LogP contribution is -2.37. The van der Waals surface area contributed by atoms with Gasteiger partial charge in [0.25, 0.3) is 0 Å². The van der Waals surface area contributed by atoms with Crippen LogP contribution in [0, 0.1) is 5.41 Å². The van der Waals surface area contributed by atoms with Crippen LogP contribution in [0.1, 0.15) is 19.8 Å². The van der Waals surface area contributed by atoms with Crippen molar-refractivity contribution in [3.05, 3.63) is 0 Å². The lowest BCUT2D eigenvalue weighted by molar-refractivity contribution is 0.0238. The van der Waals surface area contributed by atoms with E-state index in [4.69, 9.17) is 9.84 Å². The summed E-state index contributed by atoms with van der Waals surface area (Å²) >= 11 is 0. The van der Waals surface area contributed by atoms with E-state index in [1.165, 1.54) is 0 Å². The standard InChI is InChI=1S/C9H19NO2/c1-9(8-10-4-5-11)2-6-12-7-3-9/h10-11H,2-8H2,1H3. The first-order chi connectivity index (χ1) is 5.77. The Morgan fingerprint density at radius 1 is 1.42 bits per heavy atom. The number of hydrogen-bond donors (Lipinski definition) is 2. The van der Waals surface area contributed by atoms with Gasteiger partial charge in [-0.1, -0.05) is 6.92 Å². The van der Waals surface area contributed by atoms with E-state index in [2.05, 4.69) is 12.2 Å². The molecule has 1 aliphatic rings. The number of aliphatic hydroxyl groups is 1. The molecule has 0 aliphatic carbocycles. The summed E-state index contributed by atoms with van der Waals surface area (Å²) in [6.45, 7) is 5.98. The monoisotopic (exact) mass is 173 g/mol. The van der Waals surface area contributed by atoms with Crippen LogP contribution in [0.4, 0.5) is 0 Å². The summed E-state index contributed by atoms with van der Waals surface area (Å²) in [6, 6.07) is 0. The number of hydrogen-bond acceptors (Lipinski definition) is 3. The molecule has 1 aliphatic heterocycles. The second-order valence-electron chi connectivity index (χ2n) is 3.82. The molecule has 0 amide bonds. The molecule has 12 heavy (non-hydrogen) atoms. The third-order valence-electron chi connectivity index (χ3n) is 2.54. The molecule has 0 radical (unpaired) electrons. The maximum absolute atomic E-state index is 8.59. The first kappa shape index (κ1) is 9.96. The van der Waals surface area contributed by atoms with Crippen LogP contribution in [0.25, 0.3) is 0 Å². The molecule has 1 fully saturated rings. The summed E-state index contributed by atoms with van der Waals surface area (Å²) in [5.41, 5.74) is 0.382. The predicted molar refractivity (Wildman–Crippen MR) is 48.1 cm³/mol. The molecule has 0 aromatic carbocycles. The molecule has 1 heterocycles. The largest absolute Gasteiger partial charge is 0.395 e. The van der Waals surface area contributed by atoms with Crippen molar-refractivity contribution >= 4 is 0 Å². The summed E-state index contributed by atoms with van der Waals surface area (Å²) in [6.07, 6.45) is 2.26. The zero-order valence-corrected chi connectivity index (χ0v) is 7.81. The average molecular weight is 173 g/mol. The lowest BCUT2D eigenvalue weighted by Gasteiger charge is -2.33. The predicted octanol–water partition coefficient (Wildman–Crippen LogP) is 0.385. The van der Waals surface area contributed by atoms with Gasteiger partial charge in [-0.2, -0.15) is 0 Å². The van der Waals surface area contributed by atoms with E-state index in [1.807, 2.05) is 0 Å². The van der Waals surface area contributed by atoms with Gasteiger partial charge < -0.3 is 15.2 Å². The molecule has 1 rings (SSSR count). The maximum atomic E-state index is 8.59. The van der Waals surface area contributed by atoms with Gasteiger partial charge in [-0.15, -0.1) is 0 Å². The van der Waals surface area contributed by atoms with Crippen molar-refractivity contribution in [3.8, 4) is 0 Å². The Morgan fingerprint density at radius 3 is 2.67 bits per heavy atom. The first-order valence-electron chi connectivity index (χ1n) is 4.66. The van der Waals surface area contributed by atoms with Crippen LogP contribution in [0.3, 0.4) is 0 Å². The highest BCUT2D eigenvalue weighted by Gasteiger charge is 2.26. The summed E-state index contributed by atoms with van der Waals surface area (Å²) < 4.78 is 5.29. The van der Waals surface area contributed by atoms with Crippen LogP contribution in [0.2, 0.25) is 0 Å². The number of aliphatic hydroxyl groups excluding tert-OH is 1. The van der Waals surface area contributed by atoms with Gasteiger partial charge in [0.1, 0.15) is 0 Å². The molecule has 0 spiro atoms. The molecule has 0 saturated carbocycles. The van der Waals surface area contributed by atoms with Crippen LogP contribution in [-0.4, -0.2) is 38.0 Å². The normalized spacial score (nSPS) is 22.5. The van der Waals surface area contributed by atoms with Gasteiger partial charge in [0, 0.05) is 26.3 Å². The van der Waals surface area contributed by atoms with Gasteiger partial charge >= 0.3 is 0 Å². The second kappa shape index (κ2) is 4.80. The van der Waals surface area contributed by atoms with Gasteiger partial charge in [0.15, 0.2) is 0 Å². The van der Waals surface area contributed by atoms with Crippen molar-refractivity contribution < 1.29 is 9.84 Å². The zero-order valence-electron chi connectivity index (χ0n) is 7.81. The van der Waals surface area contributed by atoms with Crippen LogP contribution < -0.4 is 5.32 Å². The zero-order chi connectivity index (χ0) is 8.86. The van der Waals surface area contributed by atoms with E-state index in [0.717, 1.165) is 32.6 Å². The van der Waals surface area contributed by atoms with E-state index < -0.39 is 0 Å². The molecule has 0 aromatic heterocycles. The summed E-state index contributed by atoms with van der Waals surface area (Å²) in [7, 11) is 0. The number of nitrogens with one attached hydrogen (secondary N) is 1. The van der Waals surface area contributed by atoms with Crippen LogP contribution in [-0.2, 0) is 4.74 Å². The minimum Gasteiger partial charge on any atom is -0.395 e. The Labute approximate surface area is 74.1 Å². The molecule has 2 N–H and O–H groups in total. The highest BCUT2D eigenvalue weighted by atomic mass is 16.5. The van der Waals surface area contributed by atoms with E-state index in [0.29, 0.717) is 12.0 Å². The Balaban J connectivity index is 2.17. The first-order valence-corrected chi connectivity index (χ1v) is 4.66. The Kier molecular flexibility index (Phi) is 3.98. The molecule has 3 nitrogen and oxygen atoms in total. The minimum absolute atomic E-state index is 0.229. The fourth-order valence-corrected chi connectivity index (χ4v) is 1.51. The van der Waals surface area contributed by atoms with E-state index in [-0.39, 0.29) is 6.61 Å². The van der Waals surface area contributed by atoms with Crippen LogP contribution >= 0.6 is 0 Å². The van der Waals surface area contributed by atoms with Crippen molar-refractivity contribution in [2.75, 3.05) is 32.9 Å². The molecule has 3 heteroatoms. The number of rotatable bonds is 4. The van der Waals surface area contributed by atoms with Gasteiger partial charge in [-0.05, 0) is 18.3 Å². The summed E-state index contributed by atoms with van der Waals surface area (Å²) in [4.78, 5) is 0. The molecule has 72 valence electrons. The van der Waals surface area contributed by atoms with Crippen molar-refractivity contribution in [2.45, 2.75) is 19.8 Å². The third-order valence-corrected chi connectivity index (χ3v) is 2.54. The highest BCUT2D eigenvalue weighted by molar-refractivity contribution is 4.79. The van der Waals surface area contributed by atoms with Crippen LogP contribution in [0.15, 0.2) is 0 Å². The van der Waals surface area contributed by atoms with E-state index in [1.54, 1.807) is 0 Å². The van der Waals surface area contributed by atoms with Crippen molar-refractivity contribution in [1.82, 2.24) is 5.32 Å². The highest BCUT2D eigenvalue weighted by Crippen LogP contribution is 2.28. The van der Waals surface area contributed by atoms with Crippen molar-refractivity contribution in [2.24, 2.45) is 5.41 Å². The van der Waals surface area contributed by atoms with E-state index in [9.17, 15) is 0 Å². The van der Waals surface area contributed by atoms with E-state index >= 15 is 0 Å². The second-order valence-corrected chi connectivity index (χ2v) is 3.82. The SMILES string of the molecule is CC1(CNCCO)CCOCC1. The smallest absolute Gasteiger partial charge is 0.0555 e. The van der Waals surface area contributed by atoms with Crippen LogP contribution in [0.5, 0.6) is 0 Å². The van der Waals surface area contributed by atoms with Crippen molar-refractivity contribution in [1.29, 1.82) is 0 Å². The number of ether oxygens (including phenoxy) is 1.